The first kappa shape index (κ1) is 14.9. The zero-order chi connectivity index (χ0) is 14.4. The zero-order valence-electron chi connectivity index (χ0n) is 11.9. The molecular formula is C17H20ClNO. The van der Waals surface area contributed by atoms with Crippen LogP contribution in [0.1, 0.15) is 23.6 Å². The van der Waals surface area contributed by atoms with E-state index >= 15 is 0 Å². The number of nitrogens with one attached hydrogen (secondary N) is 1. The molecule has 2 aromatic rings. The number of hydrogen-bond donors (Lipinski definition) is 1. The smallest absolute Gasteiger partial charge is 0.138 e. The molecule has 2 aromatic carbocycles. The molecule has 0 aliphatic rings. The van der Waals surface area contributed by atoms with Crippen LogP contribution < -0.4 is 10.1 Å². The summed E-state index contributed by atoms with van der Waals surface area (Å²) in [7, 11) is 0. The van der Waals surface area contributed by atoms with Crippen molar-refractivity contribution in [3.63, 3.8) is 0 Å². The molecule has 0 saturated heterocycles. The highest BCUT2D eigenvalue weighted by atomic mass is 35.5. The predicted molar refractivity (Wildman–Crippen MR) is 84.3 cm³/mol. The van der Waals surface area contributed by atoms with Crippen LogP contribution in [-0.2, 0) is 13.2 Å². The number of benzene rings is 2. The van der Waals surface area contributed by atoms with Crippen molar-refractivity contribution in [1.82, 2.24) is 5.32 Å². The van der Waals surface area contributed by atoms with Gasteiger partial charge in [0.25, 0.3) is 0 Å². The Labute approximate surface area is 125 Å². The molecule has 0 amide bonds. The van der Waals surface area contributed by atoms with Gasteiger partial charge in [-0.25, -0.2) is 0 Å². The molecule has 0 saturated carbocycles. The van der Waals surface area contributed by atoms with Gasteiger partial charge in [0.05, 0.1) is 5.02 Å². The van der Waals surface area contributed by atoms with E-state index in [4.69, 9.17) is 16.3 Å². The Balaban J connectivity index is 2.06. The van der Waals surface area contributed by atoms with Crippen LogP contribution in [0.2, 0.25) is 5.02 Å². The summed E-state index contributed by atoms with van der Waals surface area (Å²) in [5.74, 6) is 0.732. The fraction of sp³-hybridized carbons (Fsp3) is 0.294. The first-order chi connectivity index (χ1) is 9.70. The molecule has 3 heteroatoms. The molecule has 0 unspecified atom stereocenters. The van der Waals surface area contributed by atoms with Gasteiger partial charge in [0.15, 0.2) is 0 Å². The van der Waals surface area contributed by atoms with E-state index < -0.39 is 0 Å². The first-order valence-electron chi connectivity index (χ1n) is 6.87. The quantitative estimate of drug-likeness (QED) is 0.854. The van der Waals surface area contributed by atoms with E-state index in [-0.39, 0.29) is 0 Å². The summed E-state index contributed by atoms with van der Waals surface area (Å²) in [4.78, 5) is 0. The van der Waals surface area contributed by atoms with Crippen LogP contribution in [0.15, 0.2) is 42.5 Å². The molecule has 0 aromatic heterocycles. The van der Waals surface area contributed by atoms with Crippen LogP contribution in [0.4, 0.5) is 0 Å². The van der Waals surface area contributed by atoms with Crippen molar-refractivity contribution in [1.29, 1.82) is 0 Å². The van der Waals surface area contributed by atoms with Gasteiger partial charge in [0.2, 0.25) is 0 Å². The Morgan fingerprint density at radius 3 is 2.55 bits per heavy atom. The molecule has 2 rings (SSSR count). The van der Waals surface area contributed by atoms with Crippen LogP contribution in [0, 0.1) is 6.92 Å². The van der Waals surface area contributed by atoms with Crippen LogP contribution in [0.25, 0.3) is 0 Å². The molecule has 0 atom stereocenters. The summed E-state index contributed by atoms with van der Waals surface area (Å²) in [5.41, 5.74) is 3.58. The van der Waals surface area contributed by atoms with E-state index in [9.17, 15) is 0 Å². The van der Waals surface area contributed by atoms with E-state index in [2.05, 4.69) is 30.4 Å². The van der Waals surface area contributed by atoms with Crippen LogP contribution >= 0.6 is 11.6 Å². The fourth-order valence-electron chi connectivity index (χ4n) is 2.01. The minimum atomic E-state index is 0.532. The molecule has 2 nitrogen and oxygen atoms in total. The lowest BCUT2D eigenvalue weighted by atomic mass is 10.1. The van der Waals surface area contributed by atoms with Crippen molar-refractivity contribution in [2.24, 2.45) is 0 Å². The van der Waals surface area contributed by atoms with Crippen molar-refractivity contribution in [3.8, 4) is 5.75 Å². The van der Waals surface area contributed by atoms with E-state index in [1.54, 1.807) is 0 Å². The van der Waals surface area contributed by atoms with Gasteiger partial charge < -0.3 is 10.1 Å². The summed E-state index contributed by atoms with van der Waals surface area (Å²) in [6.07, 6.45) is 0. The Morgan fingerprint density at radius 2 is 1.85 bits per heavy atom. The zero-order valence-corrected chi connectivity index (χ0v) is 12.7. The van der Waals surface area contributed by atoms with Crippen LogP contribution in [0.5, 0.6) is 5.75 Å². The highest BCUT2D eigenvalue weighted by Gasteiger charge is 2.05. The second-order valence-corrected chi connectivity index (χ2v) is 5.18. The van der Waals surface area contributed by atoms with Gasteiger partial charge in [-0.3, -0.25) is 0 Å². The molecule has 1 N–H and O–H groups in total. The summed E-state index contributed by atoms with van der Waals surface area (Å²) < 4.78 is 5.84. The van der Waals surface area contributed by atoms with E-state index in [0.717, 1.165) is 24.4 Å². The molecule has 0 radical (unpaired) electrons. The lowest BCUT2D eigenvalue weighted by Gasteiger charge is -2.12. The van der Waals surface area contributed by atoms with Crippen molar-refractivity contribution >= 4 is 11.6 Å². The summed E-state index contributed by atoms with van der Waals surface area (Å²) in [5, 5.41) is 4.00. The standard InChI is InChI=1S/C17H20ClNO/c1-3-19-11-14-6-4-5-7-15(14)12-20-17-9-8-13(2)10-16(17)18/h4-10,19H,3,11-12H2,1-2H3. The largest absolute Gasteiger partial charge is 0.487 e. The third-order valence-electron chi connectivity index (χ3n) is 3.15. The van der Waals surface area contributed by atoms with Gasteiger partial charge in [-0.2, -0.15) is 0 Å². The van der Waals surface area contributed by atoms with Gasteiger partial charge in [-0.1, -0.05) is 48.9 Å². The van der Waals surface area contributed by atoms with Crippen molar-refractivity contribution < 1.29 is 4.74 Å². The second-order valence-electron chi connectivity index (χ2n) is 4.77. The van der Waals surface area contributed by atoms with Crippen molar-refractivity contribution in [2.45, 2.75) is 27.0 Å². The monoisotopic (exact) mass is 289 g/mol. The van der Waals surface area contributed by atoms with Gasteiger partial charge in [-0.15, -0.1) is 0 Å². The highest BCUT2D eigenvalue weighted by Crippen LogP contribution is 2.26. The lowest BCUT2D eigenvalue weighted by Crippen LogP contribution is -2.14. The average Bonchev–Trinajstić information content (AvgIpc) is 2.45. The minimum absolute atomic E-state index is 0.532. The molecule has 106 valence electrons. The van der Waals surface area contributed by atoms with Crippen LogP contribution in [-0.4, -0.2) is 6.54 Å². The molecule has 0 spiro atoms. The number of rotatable bonds is 6. The maximum absolute atomic E-state index is 6.18. The Bertz CT molecular complexity index is 569. The molecule has 0 aliphatic carbocycles. The van der Waals surface area contributed by atoms with Gasteiger partial charge >= 0.3 is 0 Å². The lowest BCUT2D eigenvalue weighted by molar-refractivity contribution is 0.305. The average molecular weight is 290 g/mol. The number of ether oxygens (including phenoxy) is 1. The second kappa shape index (κ2) is 7.32. The van der Waals surface area contributed by atoms with Crippen LogP contribution in [0.3, 0.4) is 0 Å². The Kier molecular flexibility index (Phi) is 5.45. The van der Waals surface area contributed by atoms with Gasteiger partial charge in [-0.05, 0) is 42.3 Å². The molecule has 0 fully saturated rings. The fourth-order valence-corrected chi connectivity index (χ4v) is 2.30. The molecule has 20 heavy (non-hydrogen) atoms. The van der Waals surface area contributed by atoms with Crippen molar-refractivity contribution in [3.05, 3.63) is 64.2 Å². The predicted octanol–water partition coefficient (Wildman–Crippen LogP) is 4.34. The third-order valence-corrected chi connectivity index (χ3v) is 3.45. The highest BCUT2D eigenvalue weighted by molar-refractivity contribution is 6.32. The van der Waals surface area contributed by atoms with Gasteiger partial charge in [0.1, 0.15) is 12.4 Å². The first-order valence-corrected chi connectivity index (χ1v) is 7.25. The Morgan fingerprint density at radius 1 is 1.10 bits per heavy atom. The van der Waals surface area contributed by atoms with Crippen molar-refractivity contribution in [2.75, 3.05) is 6.54 Å². The SMILES string of the molecule is CCNCc1ccccc1COc1ccc(C)cc1Cl. The van der Waals surface area contributed by atoms with E-state index in [0.29, 0.717) is 11.6 Å². The van der Waals surface area contributed by atoms with E-state index in [1.807, 2.05) is 31.2 Å². The summed E-state index contributed by atoms with van der Waals surface area (Å²) in [6, 6.07) is 14.1. The molecule has 0 aliphatic heterocycles. The topological polar surface area (TPSA) is 21.3 Å². The number of aryl methyl sites for hydroxylation is 1. The number of hydrogen-bond acceptors (Lipinski definition) is 2. The number of halogens is 1. The van der Waals surface area contributed by atoms with E-state index in [1.165, 1.54) is 11.1 Å². The maximum Gasteiger partial charge on any atom is 0.138 e. The minimum Gasteiger partial charge on any atom is -0.487 e. The third kappa shape index (κ3) is 3.99. The normalized spacial score (nSPS) is 10.6. The molecule has 0 bridgehead atoms. The van der Waals surface area contributed by atoms with Gasteiger partial charge in [0, 0.05) is 6.54 Å². The summed E-state index contributed by atoms with van der Waals surface area (Å²) in [6.45, 7) is 6.47. The molecule has 0 heterocycles. The Hall–Kier alpha value is -1.51. The maximum atomic E-state index is 6.18. The summed E-state index contributed by atoms with van der Waals surface area (Å²) >= 11 is 6.18. The molecular weight excluding hydrogens is 270 g/mol.